The molecule has 0 saturated heterocycles. The first-order chi connectivity index (χ1) is 5.04. The van der Waals surface area contributed by atoms with Gasteiger partial charge < -0.3 is 10.2 Å². The number of carboxylic acid groups (broad SMARTS) is 1. The zero-order valence-electron chi connectivity index (χ0n) is 6.24. The highest BCUT2D eigenvalue weighted by Gasteiger charge is 2.14. The summed E-state index contributed by atoms with van der Waals surface area (Å²) in [6, 6.07) is 0. The lowest BCUT2D eigenvalue weighted by Crippen LogP contribution is -2.11. The van der Waals surface area contributed by atoms with Crippen LogP contribution in [0.4, 0.5) is 0 Å². The summed E-state index contributed by atoms with van der Waals surface area (Å²) in [5.74, 6) is -2.77. The maximum absolute atomic E-state index is 10.4. The second-order valence-corrected chi connectivity index (χ2v) is 2.00. The van der Waals surface area contributed by atoms with E-state index in [0.717, 1.165) is 0 Å². The van der Waals surface area contributed by atoms with E-state index in [2.05, 4.69) is 0 Å². The number of aliphatic hydroxyl groups excluding tert-OH is 1. The Morgan fingerprint density at radius 2 is 2.60 bits per heavy atom. The van der Waals surface area contributed by atoms with E-state index in [0.29, 0.717) is 0 Å². The topological polar surface area (TPSA) is 57.5 Å². The van der Waals surface area contributed by atoms with Gasteiger partial charge in [0.15, 0.2) is 0 Å². The fourth-order valence-electron chi connectivity index (χ4n) is 0.695. The van der Waals surface area contributed by atoms with Gasteiger partial charge in [-0.1, -0.05) is 6.08 Å². The van der Waals surface area contributed by atoms with Gasteiger partial charge in [0, 0.05) is 1.37 Å². The summed E-state index contributed by atoms with van der Waals surface area (Å²) in [5.41, 5.74) is 0. The van der Waals surface area contributed by atoms with E-state index >= 15 is 0 Å². The number of rotatable bonds is 1. The van der Waals surface area contributed by atoms with Crippen molar-refractivity contribution in [3.63, 3.8) is 0 Å². The summed E-state index contributed by atoms with van der Waals surface area (Å²) >= 11 is 0. The molecule has 0 radical (unpaired) electrons. The van der Waals surface area contributed by atoms with Crippen LogP contribution in [0.15, 0.2) is 24.0 Å². The summed E-state index contributed by atoms with van der Waals surface area (Å²) in [4.78, 5) is 10.4. The zero-order chi connectivity index (χ0) is 8.48. The predicted molar refractivity (Wildman–Crippen MR) is 35.6 cm³/mol. The molecule has 0 amide bonds. The van der Waals surface area contributed by atoms with Crippen LogP contribution in [0.25, 0.3) is 0 Å². The molecule has 0 aromatic heterocycles. The Bertz CT molecular complexity index is 244. The fraction of sp³-hybridized carbons (Fsp3) is 0.286. The SMILES string of the molecule is [2H]C1(C(=O)O)C=CC(O)=CC1. The van der Waals surface area contributed by atoms with E-state index < -0.39 is 11.9 Å². The Morgan fingerprint density at radius 3 is 3.00 bits per heavy atom. The monoisotopic (exact) mass is 141 g/mol. The largest absolute Gasteiger partial charge is 0.508 e. The van der Waals surface area contributed by atoms with Crippen LogP contribution >= 0.6 is 0 Å². The van der Waals surface area contributed by atoms with Crippen molar-refractivity contribution >= 4 is 5.97 Å². The van der Waals surface area contributed by atoms with Crippen LogP contribution in [-0.2, 0) is 4.79 Å². The molecule has 2 N–H and O–H groups in total. The summed E-state index contributed by atoms with van der Waals surface area (Å²) in [7, 11) is 0. The third-order valence-electron chi connectivity index (χ3n) is 1.26. The van der Waals surface area contributed by atoms with Gasteiger partial charge in [-0.2, -0.15) is 0 Å². The molecule has 1 rings (SSSR count). The molecule has 1 aliphatic carbocycles. The molecule has 0 saturated carbocycles. The Labute approximate surface area is 59.7 Å². The predicted octanol–water partition coefficient (Wildman–Crippen LogP) is 1.09. The molecule has 0 spiro atoms. The lowest BCUT2D eigenvalue weighted by molar-refractivity contribution is -0.139. The molecular weight excluding hydrogens is 132 g/mol. The molecule has 54 valence electrons. The van der Waals surface area contributed by atoms with Crippen LogP contribution in [0, 0.1) is 5.89 Å². The summed E-state index contributed by atoms with van der Waals surface area (Å²) < 4.78 is 7.32. The number of hydrogen-bond donors (Lipinski definition) is 2. The van der Waals surface area contributed by atoms with Crippen molar-refractivity contribution in [1.82, 2.24) is 0 Å². The molecule has 1 aliphatic rings. The summed E-state index contributed by atoms with van der Waals surface area (Å²) in [5, 5.41) is 17.4. The van der Waals surface area contributed by atoms with Gasteiger partial charge in [-0.25, -0.2) is 0 Å². The van der Waals surface area contributed by atoms with Crippen LogP contribution in [0.2, 0.25) is 0 Å². The van der Waals surface area contributed by atoms with Crippen molar-refractivity contribution in [2.75, 3.05) is 0 Å². The lowest BCUT2D eigenvalue weighted by atomic mass is 10.0. The van der Waals surface area contributed by atoms with Crippen LogP contribution in [0.5, 0.6) is 0 Å². The van der Waals surface area contributed by atoms with Crippen molar-refractivity contribution in [3.8, 4) is 0 Å². The van der Waals surface area contributed by atoms with Crippen LogP contribution in [0.1, 0.15) is 7.79 Å². The van der Waals surface area contributed by atoms with E-state index in [1.54, 1.807) is 0 Å². The molecule has 0 aliphatic heterocycles. The maximum Gasteiger partial charge on any atom is 0.310 e. The molecule has 0 aromatic rings. The van der Waals surface area contributed by atoms with Crippen molar-refractivity contribution in [3.05, 3.63) is 24.0 Å². The van der Waals surface area contributed by atoms with Crippen molar-refractivity contribution in [2.45, 2.75) is 6.42 Å². The highest BCUT2D eigenvalue weighted by atomic mass is 16.4. The summed E-state index contributed by atoms with van der Waals surface area (Å²) in [6.07, 6.45) is 3.74. The van der Waals surface area contributed by atoms with Crippen LogP contribution < -0.4 is 0 Å². The zero-order valence-corrected chi connectivity index (χ0v) is 5.24. The molecule has 3 nitrogen and oxygen atoms in total. The van der Waals surface area contributed by atoms with Gasteiger partial charge in [-0.3, -0.25) is 4.79 Å². The first-order valence-electron chi connectivity index (χ1n) is 3.36. The Kier molecular flexibility index (Phi) is 1.41. The average molecular weight is 141 g/mol. The summed E-state index contributed by atoms with van der Waals surface area (Å²) in [6.45, 7) is 0. The van der Waals surface area contributed by atoms with Crippen molar-refractivity contribution < 1.29 is 16.4 Å². The molecule has 1 unspecified atom stereocenters. The second kappa shape index (κ2) is 2.56. The quantitative estimate of drug-likeness (QED) is 0.574. The standard InChI is InChI=1S/C7H8O3/c8-6-3-1-5(2-4-6)7(9)10/h1,3-5,8H,2H2,(H,9,10)/i5D. The van der Waals surface area contributed by atoms with Crippen molar-refractivity contribution in [2.24, 2.45) is 5.89 Å². The number of carboxylic acids is 1. The van der Waals surface area contributed by atoms with Gasteiger partial charge in [0.2, 0.25) is 0 Å². The first-order valence-corrected chi connectivity index (χ1v) is 2.86. The molecule has 0 heterocycles. The van der Waals surface area contributed by atoms with Gasteiger partial charge in [0.1, 0.15) is 5.76 Å². The van der Waals surface area contributed by atoms with Gasteiger partial charge in [0.25, 0.3) is 0 Å². The van der Waals surface area contributed by atoms with E-state index in [-0.39, 0.29) is 12.2 Å². The molecule has 1 atom stereocenters. The van der Waals surface area contributed by atoms with Gasteiger partial charge in [-0.15, -0.1) is 0 Å². The third kappa shape index (κ3) is 1.37. The number of aliphatic hydroxyl groups is 1. The minimum atomic E-state index is -1.59. The molecule has 0 fully saturated rings. The number of allylic oxidation sites excluding steroid dienone is 2. The van der Waals surface area contributed by atoms with Crippen LogP contribution in [-0.4, -0.2) is 16.2 Å². The van der Waals surface area contributed by atoms with E-state index in [4.69, 9.17) is 11.6 Å². The molecule has 0 aromatic carbocycles. The fourth-order valence-corrected chi connectivity index (χ4v) is 0.695. The van der Waals surface area contributed by atoms with E-state index in [1.165, 1.54) is 18.2 Å². The minimum Gasteiger partial charge on any atom is -0.508 e. The highest BCUT2D eigenvalue weighted by molar-refractivity contribution is 5.72. The Hall–Kier alpha value is -1.25. The Morgan fingerprint density at radius 1 is 1.90 bits per heavy atom. The van der Waals surface area contributed by atoms with Gasteiger partial charge in [0.05, 0.1) is 5.89 Å². The third-order valence-corrected chi connectivity index (χ3v) is 1.26. The molecule has 0 bridgehead atoms. The maximum atomic E-state index is 10.4. The highest BCUT2D eigenvalue weighted by Crippen LogP contribution is 2.14. The van der Waals surface area contributed by atoms with Crippen molar-refractivity contribution in [1.29, 1.82) is 0 Å². The molecular formula is C7H8O3. The van der Waals surface area contributed by atoms with E-state index in [9.17, 15) is 4.79 Å². The van der Waals surface area contributed by atoms with Gasteiger partial charge in [-0.05, 0) is 18.6 Å². The lowest BCUT2D eigenvalue weighted by Gasteiger charge is -2.07. The minimum absolute atomic E-state index is 0.0185. The normalized spacial score (nSPS) is 32.8. The first kappa shape index (κ1) is 5.53. The van der Waals surface area contributed by atoms with Crippen LogP contribution in [0.3, 0.4) is 0 Å². The second-order valence-electron chi connectivity index (χ2n) is 2.00. The average Bonchev–Trinajstić information content (AvgIpc) is 1.95. The smallest absolute Gasteiger partial charge is 0.310 e. The number of aliphatic carboxylic acids is 1. The Balaban J connectivity index is 2.82. The number of carbonyl (C=O) groups is 1. The van der Waals surface area contributed by atoms with E-state index in [1.807, 2.05) is 0 Å². The number of hydrogen-bond acceptors (Lipinski definition) is 2. The van der Waals surface area contributed by atoms with Gasteiger partial charge >= 0.3 is 5.97 Å². The molecule has 3 heteroatoms. The molecule has 10 heavy (non-hydrogen) atoms.